The molecule has 0 unspecified atom stereocenters. The van der Waals surface area contributed by atoms with E-state index in [1.807, 2.05) is 109 Å². The highest BCUT2D eigenvalue weighted by atomic mass is 16.3. The van der Waals surface area contributed by atoms with Crippen molar-refractivity contribution >= 4 is 23.8 Å². The van der Waals surface area contributed by atoms with E-state index < -0.39 is 0 Å². The topological polar surface area (TPSA) is 65.2 Å². The molecule has 0 aliphatic rings. The minimum Gasteiger partial charge on any atom is -0.507 e. The molecule has 5 aromatic rings. The molecule has 4 heteroatoms. The molecule has 4 nitrogen and oxygen atoms in total. The van der Waals surface area contributed by atoms with E-state index in [9.17, 15) is 10.2 Å². The van der Waals surface area contributed by atoms with E-state index in [0.29, 0.717) is 11.1 Å². The lowest BCUT2D eigenvalue weighted by Gasteiger charge is -2.05. The standard InChI is InChI=1S/C32H24N2O2/c35-31-17-11-25(23-7-3-1-4-8-23)19-27(31)21-33-29-13-15-30(16-14-29)34-22-28-20-26(12-18-32(28)36)24-9-5-2-6-10-24/h1-22,35-36H. The van der Waals surface area contributed by atoms with Gasteiger partial charge in [0, 0.05) is 23.6 Å². The number of phenols is 2. The molecule has 5 aromatic carbocycles. The number of hydrogen-bond donors (Lipinski definition) is 2. The average Bonchev–Trinajstić information content (AvgIpc) is 2.94. The molecule has 0 aliphatic carbocycles. The van der Waals surface area contributed by atoms with Gasteiger partial charge in [-0.25, -0.2) is 0 Å². The van der Waals surface area contributed by atoms with Gasteiger partial charge in [0.1, 0.15) is 11.5 Å². The molecule has 0 fully saturated rings. The van der Waals surface area contributed by atoms with Crippen molar-refractivity contribution in [1.29, 1.82) is 0 Å². The Bertz CT molecular complexity index is 1410. The van der Waals surface area contributed by atoms with Gasteiger partial charge in [-0.1, -0.05) is 72.8 Å². The molecule has 0 amide bonds. The Morgan fingerprint density at radius 1 is 0.417 bits per heavy atom. The maximum absolute atomic E-state index is 10.3. The molecular formula is C32H24N2O2. The fourth-order valence-electron chi connectivity index (χ4n) is 3.85. The molecule has 36 heavy (non-hydrogen) atoms. The van der Waals surface area contributed by atoms with Gasteiger partial charge < -0.3 is 10.2 Å². The van der Waals surface area contributed by atoms with Gasteiger partial charge in [0.2, 0.25) is 0 Å². The molecule has 2 N–H and O–H groups in total. The van der Waals surface area contributed by atoms with Crippen molar-refractivity contribution in [2.75, 3.05) is 0 Å². The zero-order chi connectivity index (χ0) is 24.7. The fraction of sp³-hybridized carbons (Fsp3) is 0. The van der Waals surface area contributed by atoms with Gasteiger partial charge in [-0.3, -0.25) is 9.98 Å². The van der Waals surface area contributed by atoms with Crippen LogP contribution >= 0.6 is 0 Å². The number of benzene rings is 5. The highest BCUT2D eigenvalue weighted by molar-refractivity contribution is 5.89. The largest absolute Gasteiger partial charge is 0.507 e. The quantitative estimate of drug-likeness (QED) is 0.249. The lowest BCUT2D eigenvalue weighted by molar-refractivity contribution is 0.474. The number of aliphatic imine (C=N–C) groups is 2. The summed E-state index contributed by atoms with van der Waals surface area (Å²) in [6.45, 7) is 0. The van der Waals surface area contributed by atoms with Gasteiger partial charge in [0.25, 0.3) is 0 Å². The summed E-state index contributed by atoms with van der Waals surface area (Å²) >= 11 is 0. The van der Waals surface area contributed by atoms with Crippen LogP contribution in [0.3, 0.4) is 0 Å². The summed E-state index contributed by atoms with van der Waals surface area (Å²) < 4.78 is 0. The SMILES string of the molecule is Oc1ccc(-c2ccccc2)cc1C=Nc1ccc(N=Cc2cc(-c3ccccc3)ccc2O)cc1. The Morgan fingerprint density at radius 2 is 0.806 bits per heavy atom. The Labute approximate surface area is 210 Å². The van der Waals surface area contributed by atoms with Crippen molar-refractivity contribution in [2.24, 2.45) is 9.98 Å². The van der Waals surface area contributed by atoms with E-state index in [-0.39, 0.29) is 11.5 Å². The fourth-order valence-corrected chi connectivity index (χ4v) is 3.85. The van der Waals surface area contributed by atoms with E-state index in [2.05, 4.69) is 9.98 Å². The Morgan fingerprint density at radius 3 is 1.19 bits per heavy atom. The number of rotatable bonds is 6. The molecule has 0 heterocycles. The van der Waals surface area contributed by atoms with Gasteiger partial charge in [-0.2, -0.15) is 0 Å². The van der Waals surface area contributed by atoms with Crippen molar-refractivity contribution in [3.63, 3.8) is 0 Å². The van der Waals surface area contributed by atoms with Crippen LogP contribution in [0, 0.1) is 0 Å². The molecular weight excluding hydrogens is 444 g/mol. The zero-order valence-electron chi connectivity index (χ0n) is 19.5. The van der Waals surface area contributed by atoms with Crippen molar-refractivity contribution in [3.8, 4) is 33.8 Å². The Balaban J connectivity index is 1.31. The first-order valence-corrected chi connectivity index (χ1v) is 11.6. The lowest BCUT2D eigenvalue weighted by Crippen LogP contribution is -1.85. The van der Waals surface area contributed by atoms with Crippen molar-refractivity contribution in [3.05, 3.63) is 132 Å². The first kappa shape index (κ1) is 22.8. The summed E-state index contributed by atoms with van der Waals surface area (Å²) in [6.07, 6.45) is 3.32. The van der Waals surface area contributed by atoms with Crippen LogP contribution in [0.2, 0.25) is 0 Å². The second kappa shape index (κ2) is 10.5. The molecule has 0 aliphatic heterocycles. The molecule has 0 saturated heterocycles. The van der Waals surface area contributed by atoms with Crippen LogP contribution in [0.15, 0.2) is 131 Å². The Hall–Kier alpha value is -4.96. The van der Waals surface area contributed by atoms with Crippen LogP contribution in [0.4, 0.5) is 11.4 Å². The summed E-state index contributed by atoms with van der Waals surface area (Å²) in [5.41, 5.74) is 6.96. The molecule has 174 valence electrons. The Kier molecular flexibility index (Phi) is 6.68. The minimum atomic E-state index is 0.178. The third-order valence-electron chi connectivity index (χ3n) is 5.82. The summed E-state index contributed by atoms with van der Waals surface area (Å²) in [5, 5.41) is 20.5. The summed E-state index contributed by atoms with van der Waals surface area (Å²) in [5.74, 6) is 0.356. The highest BCUT2D eigenvalue weighted by Gasteiger charge is 2.04. The summed E-state index contributed by atoms with van der Waals surface area (Å²) in [4.78, 5) is 9.03. The van der Waals surface area contributed by atoms with E-state index in [1.165, 1.54) is 0 Å². The van der Waals surface area contributed by atoms with Crippen LogP contribution in [0.25, 0.3) is 22.3 Å². The van der Waals surface area contributed by atoms with E-state index in [1.54, 1.807) is 24.6 Å². The lowest BCUT2D eigenvalue weighted by atomic mass is 10.0. The van der Waals surface area contributed by atoms with Gasteiger partial charge in [0.05, 0.1) is 11.4 Å². The number of phenolic OH excluding ortho intramolecular Hbond substituents is 2. The van der Waals surface area contributed by atoms with Crippen LogP contribution in [-0.2, 0) is 0 Å². The number of hydrogen-bond acceptors (Lipinski definition) is 4. The maximum Gasteiger partial charge on any atom is 0.124 e. The van der Waals surface area contributed by atoms with Gasteiger partial charge in [-0.05, 0) is 70.8 Å². The number of aromatic hydroxyl groups is 2. The normalized spacial score (nSPS) is 11.3. The molecule has 0 aromatic heterocycles. The molecule has 5 rings (SSSR count). The van der Waals surface area contributed by atoms with Crippen LogP contribution < -0.4 is 0 Å². The van der Waals surface area contributed by atoms with Gasteiger partial charge >= 0.3 is 0 Å². The average molecular weight is 469 g/mol. The van der Waals surface area contributed by atoms with Crippen LogP contribution in [0.5, 0.6) is 11.5 Å². The minimum absolute atomic E-state index is 0.178. The van der Waals surface area contributed by atoms with E-state index >= 15 is 0 Å². The van der Waals surface area contributed by atoms with Crippen molar-refractivity contribution < 1.29 is 10.2 Å². The monoisotopic (exact) mass is 468 g/mol. The van der Waals surface area contributed by atoms with Gasteiger partial charge in [-0.15, -0.1) is 0 Å². The smallest absolute Gasteiger partial charge is 0.124 e. The third kappa shape index (κ3) is 5.40. The molecule has 0 saturated carbocycles. The van der Waals surface area contributed by atoms with Crippen LogP contribution in [-0.4, -0.2) is 22.6 Å². The predicted molar refractivity (Wildman–Crippen MR) is 148 cm³/mol. The maximum atomic E-state index is 10.3. The van der Waals surface area contributed by atoms with Crippen molar-refractivity contribution in [2.45, 2.75) is 0 Å². The van der Waals surface area contributed by atoms with E-state index in [0.717, 1.165) is 33.6 Å². The first-order valence-electron chi connectivity index (χ1n) is 11.6. The van der Waals surface area contributed by atoms with Gasteiger partial charge in [0.15, 0.2) is 0 Å². The molecule has 0 spiro atoms. The second-order valence-electron chi connectivity index (χ2n) is 8.31. The van der Waals surface area contributed by atoms with E-state index in [4.69, 9.17) is 0 Å². The van der Waals surface area contributed by atoms with Crippen LogP contribution in [0.1, 0.15) is 11.1 Å². The number of nitrogens with zero attached hydrogens (tertiary/aromatic N) is 2. The first-order chi connectivity index (χ1) is 17.7. The molecule has 0 radical (unpaired) electrons. The molecule has 0 atom stereocenters. The summed E-state index contributed by atoms with van der Waals surface area (Å²) in [6, 6.07) is 38.5. The second-order valence-corrected chi connectivity index (χ2v) is 8.31. The van der Waals surface area contributed by atoms with Crippen molar-refractivity contribution in [1.82, 2.24) is 0 Å². The molecule has 0 bridgehead atoms. The third-order valence-corrected chi connectivity index (χ3v) is 5.82. The highest BCUT2D eigenvalue weighted by Crippen LogP contribution is 2.27. The zero-order valence-corrected chi connectivity index (χ0v) is 19.5. The predicted octanol–water partition coefficient (Wildman–Crippen LogP) is 7.93. The summed E-state index contributed by atoms with van der Waals surface area (Å²) in [7, 11) is 0.